The van der Waals surface area contributed by atoms with Gasteiger partial charge in [0, 0.05) is 13.0 Å². The fraction of sp³-hybridized carbons (Fsp3) is 0.696. The summed E-state index contributed by atoms with van der Waals surface area (Å²) in [7, 11) is 0. The summed E-state index contributed by atoms with van der Waals surface area (Å²) < 4.78 is 0. The van der Waals surface area contributed by atoms with Crippen LogP contribution in [0.3, 0.4) is 0 Å². The van der Waals surface area contributed by atoms with Crippen molar-refractivity contribution in [1.82, 2.24) is 37.2 Å². The first-order valence-electron chi connectivity index (χ1n) is 12.7. The summed E-state index contributed by atoms with van der Waals surface area (Å²) in [4.78, 5) is 83.2. The third-order valence-corrected chi connectivity index (χ3v) is 4.99. The van der Waals surface area contributed by atoms with Crippen LogP contribution in [0.5, 0.6) is 0 Å². The van der Waals surface area contributed by atoms with Gasteiger partial charge in [-0.05, 0) is 12.8 Å². The number of aliphatic hydroxyl groups is 2. The minimum absolute atomic E-state index is 0.227. The monoisotopic (exact) mass is 559 g/mol. The third-order valence-electron chi connectivity index (χ3n) is 4.99. The second kappa shape index (κ2) is 21.2. The van der Waals surface area contributed by atoms with Crippen molar-refractivity contribution in [3.05, 3.63) is 0 Å². The number of carbonyl (C=O) groups excluding carboxylic acids is 7. The van der Waals surface area contributed by atoms with Gasteiger partial charge in [-0.3, -0.25) is 33.6 Å². The van der Waals surface area contributed by atoms with Crippen LogP contribution in [0.2, 0.25) is 0 Å². The van der Waals surface area contributed by atoms with E-state index in [4.69, 9.17) is 0 Å². The van der Waals surface area contributed by atoms with E-state index in [1.165, 1.54) is 0 Å². The Balaban J connectivity index is 4.42. The molecule has 0 aromatic heterocycles. The van der Waals surface area contributed by atoms with Gasteiger partial charge in [-0.15, -0.1) is 0 Å². The van der Waals surface area contributed by atoms with Crippen molar-refractivity contribution >= 4 is 41.4 Å². The van der Waals surface area contributed by atoms with Crippen LogP contribution in [0.15, 0.2) is 0 Å². The minimum atomic E-state index is -1.44. The normalized spacial score (nSPS) is 11.8. The SMILES string of the molecule is CCCCCNC(=O)CNC(=O)CNC(=O)[C@H](CO)NC(=O)CNC(=O)C(CO)NC(=O)CNC(=O)CCC. The van der Waals surface area contributed by atoms with E-state index >= 15 is 0 Å². The molecule has 1 unspecified atom stereocenters. The number of rotatable bonds is 20. The summed E-state index contributed by atoms with van der Waals surface area (Å²) in [6.45, 7) is 0.863. The van der Waals surface area contributed by atoms with E-state index in [1.807, 2.05) is 6.92 Å². The molecule has 222 valence electrons. The van der Waals surface area contributed by atoms with Crippen LogP contribution < -0.4 is 37.2 Å². The summed E-state index contributed by atoms with van der Waals surface area (Å²) in [5.41, 5.74) is 0. The second-order valence-corrected chi connectivity index (χ2v) is 8.40. The van der Waals surface area contributed by atoms with Crippen LogP contribution in [0, 0.1) is 0 Å². The lowest BCUT2D eigenvalue weighted by atomic mass is 10.2. The van der Waals surface area contributed by atoms with Crippen molar-refractivity contribution in [2.24, 2.45) is 0 Å². The Morgan fingerprint density at radius 3 is 1.46 bits per heavy atom. The molecule has 0 aliphatic carbocycles. The van der Waals surface area contributed by atoms with E-state index in [9.17, 15) is 43.8 Å². The highest BCUT2D eigenvalue weighted by Gasteiger charge is 2.23. The van der Waals surface area contributed by atoms with Crippen LogP contribution in [0.25, 0.3) is 0 Å². The van der Waals surface area contributed by atoms with Crippen LogP contribution >= 0.6 is 0 Å². The molecule has 0 fully saturated rings. The minimum Gasteiger partial charge on any atom is -0.394 e. The van der Waals surface area contributed by atoms with E-state index < -0.39 is 74.5 Å². The van der Waals surface area contributed by atoms with Gasteiger partial charge in [-0.2, -0.15) is 0 Å². The third kappa shape index (κ3) is 17.4. The highest BCUT2D eigenvalue weighted by molar-refractivity contribution is 5.94. The summed E-state index contributed by atoms with van der Waals surface area (Å²) >= 11 is 0. The van der Waals surface area contributed by atoms with E-state index in [-0.39, 0.29) is 24.8 Å². The Bertz CT molecular complexity index is 839. The first-order valence-corrected chi connectivity index (χ1v) is 12.7. The molecule has 0 saturated carbocycles. The lowest BCUT2D eigenvalue weighted by molar-refractivity contribution is -0.133. The molecule has 0 aliphatic heterocycles. The maximum Gasteiger partial charge on any atom is 0.245 e. The molecule has 0 radical (unpaired) electrons. The topological polar surface area (TPSA) is 244 Å². The van der Waals surface area contributed by atoms with Crippen LogP contribution in [-0.4, -0.2) is 110 Å². The molecular formula is C23H41N7O9. The largest absolute Gasteiger partial charge is 0.394 e. The van der Waals surface area contributed by atoms with Crippen molar-refractivity contribution < 1.29 is 43.8 Å². The molecule has 7 amide bonds. The van der Waals surface area contributed by atoms with Gasteiger partial charge in [-0.25, -0.2) is 0 Å². The highest BCUT2D eigenvalue weighted by Crippen LogP contribution is 1.91. The van der Waals surface area contributed by atoms with Gasteiger partial charge in [-0.1, -0.05) is 26.7 Å². The second-order valence-electron chi connectivity index (χ2n) is 8.40. The standard InChI is InChI=1S/C23H41N7O9/c1-3-5-6-8-24-18(34)9-26-19(35)10-27-22(38)15(13-31)30-21(37)12-28-23(39)16(14-32)29-20(36)11-25-17(33)7-4-2/h15-16,31-32H,3-14H2,1-2H3,(H,24,34)(H,25,33)(H,26,35)(H,27,38)(H,28,39)(H,29,36)(H,30,37)/t15-,16?/m0/s1. The fourth-order valence-corrected chi connectivity index (χ4v) is 2.86. The molecule has 0 spiro atoms. The molecule has 16 heteroatoms. The molecule has 16 nitrogen and oxygen atoms in total. The van der Waals surface area contributed by atoms with Crippen molar-refractivity contribution in [3.63, 3.8) is 0 Å². The summed E-state index contributed by atoms with van der Waals surface area (Å²) in [5, 5.41) is 34.8. The molecule has 2 atom stereocenters. The highest BCUT2D eigenvalue weighted by atomic mass is 16.3. The van der Waals surface area contributed by atoms with Gasteiger partial charge in [0.15, 0.2) is 0 Å². The maximum absolute atomic E-state index is 12.2. The first kappa shape index (κ1) is 35.2. The maximum atomic E-state index is 12.2. The molecule has 9 N–H and O–H groups in total. The number of unbranched alkanes of at least 4 members (excludes halogenated alkanes) is 2. The molecule has 39 heavy (non-hydrogen) atoms. The Kier molecular flexibility index (Phi) is 19.1. The predicted octanol–water partition coefficient (Wildman–Crippen LogP) is -4.49. The van der Waals surface area contributed by atoms with E-state index in [1.54, 1.807) is 6.92 Å². The Labute approximate surface area is 226 Å². The average Bonchev–Trinajstić information content (AvgIpc) is 2.92. The smallest absolute Gasteiger partial charge is 0.245 e. The first-order chi connectivity index (χ1) is 18.6. The molecule has 0 saturated heterocycles. The van der Waals surface area contributed by atoms with Gasteiger partial charge in [0.2, 0.25) is 41.4 Å². The van der Waals surface area contributed by atoms with E-state index in [0.717, 1.165) is 19.3 Å². The zero-order valence-electron chi connectivity index (χ0n) is 22.4. The van der Waals surface area contributed by atoms with Crippen LogP contribution in [-0.2, 0) is 33.6 Å². The number of amides is 7. The lowest BCUT2D eigenvalue weighted by Gasteiger charge is -2.18. The Morgan fingerprint density at radius 1 is 0.538 bits per heavy atom. The number of hydrogen-bond donors (Lipinski definition) is 9. The molecule has 0 bridgehead atoms. The Hall–Kier alpha value is -3.79. The molecule has 0 heterocycles. The molecule has 0 rings (SSSR count). The van der Waals surface area contributed by atoms with E-state index in [2.05, 4.69) is 37.2 Å². The van der Waals surface area contributed by atoms with Crippen LogP contribution in [0.1, 0.15) is 46.0 Å². The molecule has 0 aromatic carbocycles. The van der Waals surface area contributed by atoms with Gasteiger partial charge >= 0.3 is 0 Å². The van der Waals surface area contributed by atoms with Gasteiger partial charge in [0.1, 0.15) is 12.1 Å². The fourth-order valence-electron chi connectivity index (χ4n) is 2.86. The van der Waals surface area contributed by atoms with Crippen molar-refractivity contribution in [1.29, 1.82) is 0 Å². The lowest BCUT2D eigenvalue weighted by Crippen LogP contribution is -2.55. The summed E-state index contributed by atoms with van der Waals surface area (Å²) in [6.07, 6.45) is 3.61. The Morgan fingerprint density at radius 2 is 0.974 bits per heavy atom. The van der Waals surface area contributed by atoms with Crippen molar-refractivity contribution in [2.75, 3.05) is 45.9 Å². The van der Waals surface area contributed by atoms with Gasteiger partial charge < -0.3 is 47.4 Å². The molecule has 0 aromatic rings. The number of carbonyl (C=O) groups is 7. The van der Waals surface area contributed by atoms with Gasteiger partial charge in [0.25, 0.3) is 0 Å². The zero-order valence-corrected chi connectivity index (χ0v) is 22.4. The van der Waals surface area contributed by atoms with Gasteiger partial charge in [0.05, 0.1) is 39.4 Å². The van der Waals surface area contributed by atoms with Crippen molar-refractivity contribution in [3.8, 4) is 0 Å². The summed E-state index contributed by atoms with van der Waals surface area (Å²) in [6, 6.07) is -2.84. The number of nitrogens with one attached hydrogen (secondary N) is 7. The number of aliphatic hydroxyl groups excluding tert-OH is 2. The van der Waals surface area contributed by atoms with Crippen LogP contribution in [0.4, 0.5) is 0 Å². The van der Waals surface area contributed by atoms with Crippen molar-refractivity contribution in [2.45, 2.75) is 58.0 Å². The molecule has 0 aliphatic rings. The zero-order chi connectivity index (χ0) is 29.6. The quantitative estimate of drug-likeness (QED) is 0.0652. The average molecular weight is 560 g/mol. The molecular weight excluding hydrogens is 518 g/mol. The summed E-state index contributed by atoms with van der Waals surface area (Å²) in [5.74, 6) is -4.79. The number of hydrogen-bond acceptors (Lipinski definition) is 9. The predicted molar refractivity (Wildman–Crippen MR) is 138 cm³/mol. The van der Waals surface area contributed by atoms with E-state index in [0.29, 0.717) is 13.0 Å².